The van der Waals surface area contributed by atoms with E-state index < -0.39 is 5.97 Å². The summed E-state index contributed by atoms with van der Waals surface area (Å²) < 4.78 is 9.41. The van der Waals surface area contributed by atoms with Crippen LogP contribution < -0.4 is 4.74 Å². The molecular formula is C9H7Cl2O3. The van der Waals surface area contributed by atoms with Crippen LogP contribution in [0.15, 0.2) is 12.1 Å². The van der Waals surface area contributed by atoms with Crippen LogP contribution in [-0.4, -0.2) is 19.7 Å². The summed E-state index contributed by atoms with van der Waals surface area (Å²) >= 11 is 11.4. The summed E-state index contributed by atoms with van der Waals surface area (Å²) in [6.45, 7) is -0.200. The molecule has 0 saturated carbocycles. The first-order valence-corrected chi connectivity index (χ1v) is 4.45. The minimum absolute atomic E-state index is 0.200. The normalized spacial score (nSPS) is 9.64. The summed E-state index contributed by atoms with van der Waals surface area (Å²) in [5.41, 5.74) is 0. The fourth-order valence-electron chi connectivity index (χ4n) is 0.732. The van der Waals surface area contributed by atoms with Crippen molar-refractivity contribution in [2.45, 2.75) is 0 Å². The molecule has 1 radical (unpaired) electrons. The number of methoxy groups -OCH3 is 1. The zero-order valence-electron chi connectivity index (χ0n) is 7.34. The third-order valence-electron chi connectivity index (χ3n) is 1.38. The molecule has 0 N–H and O–H groups in total. The molecule has 0 atom stereocenters. The molecule has 0 amide bonds. The Kier molecular flexibility index (Phi) is 4.04. The molecule has 75 valence electrons. The molecule has 0 aliphatic heterocycles. The van der Waals surface area contributed by atoms with Crippen molar-refractivity contribution in [1.29, 1.82) is 0 Å². The van der Waals surface area contributed by atoms with Crippen LogP contribution in [0.25, 0.3) is 0 Å². The first kappa shape index (κ1) is 11.1. The van der Waals surface area contributed by atoms with Crippen molar-refractivity contribution < 1.29 is 14.3 Å². The van der Waals surface area contributed by atoms with Gasteiger partial charge in [0, 0.05) is 11.1 Å². The maximum atomic E-state index is 10.7. The maximum Gasteiger partial charge on any atom is 0.343 e. The highest BCUT2D eigenvalue weighted by atomic mass is 35.5. The van der Waals surface area contributed by atoms with Crippen molar-refractivity contribution in [3.8, 4) is 5.75 Å². The van der Waals surface area contributed by atoms with E-state index in [-0.39, 0.29) is 12.4 Å². The molecule has 0 aliphatic carbocycles. The predicted octanol–water partition coefficient (Wildman–Crippen LogP) is 2.35. The first-order valence-electron chi connectivity index (χ1n) is 3.70. The van der Waals surface area contributed by atoms with Gasteiger partial charge in [0.2, 0.25) is 0 Å². The van der Waals surface area contributed by atoms with Crippen molar-refractivity contribution in [3.05, 3.63) is 28.2 Å². The van der Waals surface area contributed by atoms with E-state index in [2.05, 4.69) is 10.8 Å². The lowest BCUT2D eigenvalue weighted by atomic mass is 10.3. The minimum Gasteiger partial charge on any atom is -0.480 e. The van der Waals surface area contributed by atoms with Gasteiger partial charge in [0.1, 0.15) is 5.75 Å². The Hall–Kier alpha value is -0.930. The molecule has 1 rings (SSSR count). The van der Waals surface area contributed by atoms with Crippen LogP contribution in [0.5, 0.6) is 5.75 Å². The summed E-state index contributed by atoms with van der Waals surface area (Å²) in [5.74, 6) is -0.203. The van der Waals surface area contributed by atoms with Gasteiger partial charge >= 0.3 is 5.97 Å². The highest BCUT2D eigenvalue weighted by molar-refractivity contribution is 6.35. The molecule has 0 aliphatic rings. The third kappa shape index (κ3) is 3.09. The largest absolute Gasteiger partial charge is 0.480 e. The number of carbonyl (C=O) groups excluding carboxylic acids is 1. The summed E-state index contributed by atoms with van der Waals surface area (Å²) in [6.07, 6.45) is 0. The van der Waals surface area contributed by atoms with E-state index in [4.69, 9.17) is 27.9 Å². The van der Waals surface area contributed by atoms with E-state index in [9.17, 15) is 4.79 Å². The smallest absolute Gasteiger partial charge is 0.343 e. The second-order valence-electron chi connectivity index (χ2n) is 2.36. The Bertz CT molecular complexity index is 339. The zero-order chi connectivity index (χ0) is 10.6. The fourth-order valence-corrected chi connectivity index (χ4v) is 1.18. The molecule has 3 nitrogen and oxygen atoms in total. The van der Waals surface area contributed by atoms with Gasteiger partial charge in [0.05, 0.1) is 12.1 Å². The Morgan fingerprint density at radius 3 is 2.86 bits per heavy atom. The van der Waals surface area contributed by atoms with Crippen LogP contribution in [0.4, 0.5) is 0 Å². The SMILES string of the molecule is COC(=O)COc1[c]cc(Cl)cc1Cl. The Balaban J connectivity index is 2.63. The molecule has 0 spiro atoms. The predicted molar refractivity (Wildman–Crippen MR) is 52.8 cm³/mol. The van der Waals surface area contributed by atoms with Gasteiger partial charge in [-0.2, -0.15) is 0 Å². The Morgan fingerprint density at radius 2 is 2.29 bits per heavy atom. The van der Waals surface area contributed by atoms with Gasteiger partial charge in [0.25, 0.3) is 0 Å². The molecule has 1 aromatic rings. The topological polar surface area (TPSA) is 35.5 Å². The van der Waals surface area contributed by atoms with Crippen LogP contribution >= 0.6 is 23.2 Å². The number of hydrogen-bond donors (Lipinski definition) is 0. The van der Waals surface area contributed by atoms with Crippen molar-refractivity contribution in [2.24, 2.45) is 0 Å². The van der Waals surface area contributed by atoms with E-state index in [1.807, 2.05) is 0 Å². The van der Waals surface area contributed by atoms with Crippen LogP contribution in [0.1, 0.15) is 0 Å². The summed E-state index contributed by atoms with van der Waals surface area (Å²) in [6, 6.07) is 5.70. The lowest BCUT2D eigenvalue weighted by molar-refractivity contribution is -0.142. The first-order chi connectivity index (χ1) is 6.63. The second kappa shape index (κ2) is 5.08. The van der Waals surface area contributed by atoms with Crippen molar-refractivity contribution >= 4 is 29.2 Å². The standard InChI is InChI=1S/C9H7Cl2O3/c1-13-9(12)5-14-8-3-2-6(10)4-7(8)11/h2,4H,5H2,1H3. The molecule has 0 bridgehead atoms. The lowest BCUT2D eigenvalue weighted by Crippen LogP contribution is -2.12. The van der Waals surface area contributed by atoms with Gasteiger partial charge in [-0.3, -0.25) is 0 Å². The average molecular weight is 234 g/mol. The molecule has 0 heterocycles. The number of hydrogen-bond acceptors (Lipinski definition) is 3. The van der Waals surface area contributed by atoms with Gasteiger partial charge in [-0.25, -0.2) is 4.79 Å². The third-order valence-corrected chi connectivity index (χ3v) is 1.88. The number of halogens is 2. The second-order valence-corrected chi connectivity index (χ2v) is 3.20. The lowest BCUT2D eigenvalue weighted by Gasteiger charge is -2.05. The van der Waals surface area contributed by atoms with E-state index in [1.165, 1.54) is 19.2 Å². The molecule has 5 heteroatoms. The average Bonchev–Trinajstić information content (AvgIpc) is 2.16. The van der Waals surface area contributed by atoms with E-state index in [1.54, 1.807) is 0 Å². The summed E-state index contributed by atoms with van der Waals surface area (Å²) in [7, 11) is 1.28. The Labute approximate surface area is 91.5 Å². The number of ether oxygens (including phenoxy) is 2. The molecule has 0 aromatic heterocycles. The molecule has 0 saturated heterocycles. The molecular weight excluding hydrogens is 227 g/mol. The summed E-state index contributed by atoms with van der Waals surface area (Å²) in [4.78, 5) is 10.7. The summed E-state index contributed by atoms with van der Waals surface area (Å²) in [5, 5.41) is 0.766. The number of carbonyl (C=O) groups is 1. The zero-order valence-corrected chi connectivity index (χ0v) is 8.85. The van der Waals surface area contributed by atoms with Gasteiger partial charge in [0.15, 0.2) is 6.61 Å². The number of benzene rings is 1. The van der Waals surface area contributed by atoms with Crippen LogP contribution in [0.3, 0.4) is 0 Å². The fraction of sp³-hybridized carbons (Fsp3) is 0.222. The van der Waals surface area contributed by atoms with E-state index >= 15 is 0 Å². The number of esters is 1. The van der Waals surface area contributed by atoms with Gasteiger partial charge < -0.3 is 9.47 Å². The van der Waals surface area contributed by atoms with E-state index in [0.29, 0.717) is 10.0 Å². The van der Waals surface area contributed by atoms with Crippen molar-refractivity contribution in [3.63, 3.8) is 0 Å². The van der Waals surface area contributed by atoms with E-state index in [0.717, 1.165) is 0 Å². The maximum absolute atomic E-state index is 10.7. The van der Waals surface area contributed by atoms with Crippen molar-refractivity contribution in [2.75, 3.05) is 13.7 Å². The van der Waals surface area contributed by atoms with Crippen LogP contribution in [0, 0.1) is 6.07 Å². The van der Waals surface area contributed by atoms with Gasteiger partial charge in [-0.05, 0) is 12.1 Å². The van der Waals surface area contributed by atoms with Crippen LogP contribution in [-0.2, 0) is 9.53 Å². The quantitative estimate of drug-likeness (QED) is 0.753. The van der Waals surface area contributed by atoms with Crippen LogP contribution in [0.2, 0.25) is 10.0 Å². The molecule has 0 fully saturated rings. The highest BCUT2D eigenvalue weighted by Crippen LogP contribution is 2.26. The molecule has 14 heavy (non-hydrogen) atoms. The highest BCUT2D eigenvalue weighted by Gasteiger charge is 2.06. The van der Waals surface area contributed by atoms with Gasteiger partial charge in [-0.1, -0.05) is 23.2 Å². The monoisotopic (exact) mass is 233 g/mol. The minimum atomic E-state index is -0.482. The van der Waals surface area contributed by atoms with Crippen molar-refractivity contribution in [1.82, 2.24) is 0 Å². The van der Waals surface area contributed by atoms with Gasteiger partial charge in [-0.15, -0.1) is 0 Å². The molecule has 1 aromatic carbocycles. The molecule has 0 unspecified atom stereocenters. The Morgan fingerprint density at radius 1 is 1.57 bits per heavy atom. The number of rotatable bonds is 3.